The number of thiophene rings is 1. The fourth-order valence-corrected chi connectivity index (χ4v) is 3.91. The molecule has 3 rings (SSSR count). The molecule has 1 saturated heterocycles. The van der Waals surface area contributed by atoms with E-state index in [0.29, 0.717) is 35.8 Å². The van der Waals surface area contributed by atoms with Crippen molar-refractivity contribution >= 4 is 34.4 Å². The Balaban J connectivity index is 1.99. The van der Waals surface area contributed by atoms with Crippen molar-refractivity contribution in [1.82, 2.24) is 0 Å². The van der Waals surface area contributed by atoms with Crippen LogP contribution in [0.5, 0.6) is 0 Å². The van der Waals surface area contributed by atoms with Crippen LogP contribution in [-0.2, 0) is 14.3 Å². The average Bonchev–Trinajstić information content (AvgIpc) is 3.05. The molecule has 0 saturated carbocycles. The molecule has 2 heterocycles. The molecule has 1 aromatic carbocycles. The third kappa shape index (κ3) is 3.39. The molecule has 7 heteroatoms. The lowest BCUT2D eigenvalue weighted by molar-refractivity contribution is -0.132. The highest BCUT2D eigenvalue weighted by molar-refractivity contribution is 7.14. The second-order valence-corrected chi connectivity index (χ2v) is 6.54. The smallest absolute Gasteiger partial charge is 0.294 e. The number of morpholine rings is 1. The first-order chi connectivity index (χ1) is 11.7. The van der Waals surface area contributed by atoms with Gasteiger partial charge in [0.15, 0.2) is 6.10 Å². The number of nitriles is 1. The van der Waals surface area contributed by atoms with E-state index >= 15 is 0 Å². The van der Waals surface area contributed by atoms with E-state index in [4.69, 9.17) is 21.1 Å². The van der Waals surface area contributed by atoms with Gasteiger partial charge in [-0.05, 0) is 17.7 Å². The van der Waals surface area contributed by atoms with Gasteiger partial charge in [0.25, 0.3) is 6.47 Å². The molecule has 0 aliphatic carbocycles. The van der Waals surface area contributed by atoms with E-state index in [1.165, 1.54) is 11.3 Å². The van der Waals surface area contributed by atoms with Gasteiger partial charge in [-0.3, -0.25) is 4.79 Å². The first kappa shape index (κ1) is 16.8. The summed E-state index contributed by atoms with van der Waals surface area (Å²) in [5.41, 5.74) is 2.01. The topological polar surface area (TPSA) is 62.6 Å². The fourth-order valence-electron chi connectivity index (χ4n) is 2.69. The van der Waals surface area contributed by atoms with Gasteiger partial charge in [-0.2, -0.15) is 5.26 Å². The molecule has 0 spiro atoms. The number of nitrogens with zero attached hydrogens (tertiary/aromatic N) is 2. The molecule has 5 nitrogen and oxygen atoms in total. The van der Waals surface area contributed by atoms with Crippen LogP contribution in [0.2, 0.25) is 5.02 Å². The van der Waals surface area contributed by atoms with Crippen LogP contribution in [0.4, 0.5) is 5.00 Å². The summed E-state index contributed by atoms with van der Waals surface area (Å²) in [5, 5.41) is 13.0. The summed E-state index contributed by atoms with van der Waals surface area (Å²) in [7, 11) is 0. The summed E-state index contributed by atoms with van der Waals surface area (Å²) in [6.07, 6.45) is -0.625. The number of anilines is 1. The minimum absolute atomic E-state index is 0.409. The second-order valence-electron chi connectivity index (χ2n) is 5.25. The van der Waals surface area contributed by atoms with Gasteiger partial charge in [-0.15, -0.1) is 11.3 Å². The third-order valence-electron chi connectivity index (χ3n) is 3.86. The van der Waals surface area contributed by atoms with Crippen molar-refractivity contribution in [1.29, 1.82) is 5.26 Å². The standard InChI is InChI=1S/C17H15ClN2O3S/c18-13-3-1-12(2-4-13)16(23-11-21)15-10-24-17(14(15)9-19)20-5-7-22-8-6-20/h1-4,10-11,16H,5-8H2. The summed E-state index contributed by atoms with van der Waals surface area (Å²) < 4.78 is 10.7. The molecule has 124 valence electrons. The molecule has 1 fully saturated rings. The molecule has 1 atom stereocenters. The Bertz CT molecular complexity index is 748. The van der Waals surface area contributed by atoms with Crippen LogP contribution in [0.3, 0.4) is 0 Å². The maximum Gasteiger partial charge on any atom is 0.294 e. The highest BCUT2D eigenvalue weighted by atomic mass is 35.5. The molecular formula is C17H15ClN2O3S. The zero-order chi connectivity index (χ0) is 16.9. The van der Waals surface area contributed by atoms with Crippen LogP contribution in [-0.4, -0.2) is 32.8 Å². The molecule has 0 N–H and O–H groups in total. The molecule has 1 aliphatic rings. The Hall–Kier alpha value is -2.07. The lowest BCUT2D eigenvalue weighted by atomic mass is 10.0. The number of hydrogen-bond acceptors (Lipinski definition) is 6. The van der Waals surface area contributed by atoms with E-state index in [2.05, 4.69) is 11.0 Å². The predicted octanol–water partition coefficient (Wildman–Crippen LogP) is 3.37. The Morgan fingerprint density at radius 3 is 2.67 bits per heavy atom. The van der Waals surface area contributed by atoms with Crippen molar-refractivity contribution < 1.29 is 14.3 Å². The van der Waals surface area contributed by atoms with Gasteiger partial charge < -0.3 is 14.4 Å². The zero-order valence-electron chi connectivity index (χ0n) is 12.8. The summed E-state index contributed by atoms with van der Waals surface area (Å²) in [6, 6.07) is 9.33. The van der Waals surface area contributed by atoms with Crippen molar-refractivity contribution in [2.24, 2.45) is 0 Å². The minimum atomic E-state index is -0.625. The summed E-state index contributed by atoms with van der Waals surface area (Å²) in [6.45, 7) is 3.18. The van der Waals surface area contributed by atoms with Crippen LogP contribution < -0.4 is 4.90 Å². The predicted molar refractivity (Wildman–Crippen MR) is 92.5 cm³/mol. The summed E-state index contributed by atoms with van der Waals surface area (Å²) in [5.74, 6) is 0. The van der Waals surface area contributed by atoms with Crippen LogP contribution in [0.25, 0.3) is 0 Å². The molecule has 1 unspecified atom stereocenters. The molecule has 24 heavy (non-hydrogen) atoms. The number of hydrogen-bond donors (Lipinski definition) is 0. The highest BCUT2D eigenvalue weighted by Gasteiger charge is 2.26. The van der Waals surface area contributed by atoms with E-state index in [-0.39, 0.29) is 0 Å². The van der Waals surface area contributed by atoms with Gasteiger partial charge in [0.05, 0.1) is 18.8 Å². The number of halogens is 1. The number of rotatable bonds is 5. The van der Waals surface area contributed by atoms with Gasteiger partial charge in [-0.1, -0.05) is 23.7 Å². The second kappa shape index (κ2) is 7.67. The summed E-state index contributed by atoms with van der Waals surface area (Å²) in [4.78, 5) is 13.1. The van der Waals surface area contributed by atoms with Gasteiger partial charge >= 0.3 is 0 Å². The third-order valence-corrected chi connectivity index (χ3v) is 5.17. The highest BCUT2D eigenvalue weighted by Crippen LogP contribution is 2.38. The number of carbonyl (C=O) groups is 1. The van der Waals surface area contributed by atoms with Crippen molar-refractivity contribution in [3.63, 3.8) is 0 Å². The Kier molecular flexibility index (Phi) is 5.36. The number of ether oxygens (including phenoxy) is 2. The lowest BCUT2D eigenvalue weighted by Gasteiger charge is -2.28. The molecule has 0 bridgehead atoms. The number of benzene rings is 1. The van der Waals surface area contributed by atoms with E-state index in [1.54, 1.807) is 24.3 Å². The largest absolute Gasteiger partial charge is 0.455 e. The minimum Gasteiger partial charge on any atom is -0.455 e. The summed E-state index contributed by atoms with van der Waals surface area (Å²) >= 11 is 7.41. The molecule has 0 amide bonds. The monoisotopic (exact) mass is 362 g/mol. The maximum absolute atomic E-state index is 11.0. The van der Waals surface area contributed by atoms with Gasteiger partial charge in [0.1, 0.15) is 11.1 Å². The lowest BCUT2D eigenvalue weighted by Crippen LogP contribution is -2.36. The molecule has 1 aliphatic heterocycles. The van der Waals surface area contributed by atoms with E-state index < -0.39 is 6.10 Å². The van der Waals surface area contributed by atoms with Crippen LogP contribution in [0.1, 0.15) is 22.8 Å². The zero-order valence-corrected chi connectivity index (χ0v) is 14.3. The van der Waals surface area contributed by atoms with E-state index in [0.717, 1.165) is 23.7 Å². The molecular weight excluding hydrogens is 348 g/mol. The Morgan fingerprint density at radius 1 is 1.33 bits per heavy atom. The van der Waals surface area contributed by atoms with Crippen molar-refractivity contribution in [2.75, 3.05) is 31.2 Å². The van der Waals surface area contributed by atoms with Crippen LogP contribution in [0, 0.1) is 11.3 Å². The number of carbonyl (C=O) groups excluding carboxylic acids is 1. The van der Waals surface area contributed by atoms with E-state index in [9.17, 15) is 10.1 Å². The first-order valence-corrected chi connectivity index (χ1v) is 8.69. The first-order valence-electron chi connectivity index (χ1n) is 7.43. The molecule has 2 aromatic rings. The van der Waals surface area contributed by atoms with Gasteiger partial charge in [0, 0.05) is 29.1 Å². The van der Waals surface area contributed by atoms with Crippen molar-refractivity contribution in [3.05, 3.63) is 51.4 Å². The molecule has 1 aromatic heterocycles. The van der Waals surface area contributed by atoms with E-state index in [1.807, 2.05) is 5.38 Å². The average molecular weight is 363 g/mol. The van der Waals surface area contributed by atoms with Crippen molar-refractivity contribution in [3.8, 4) is 6.07 Å². The Morgan fingerprint density at radius 2 is 2.04 bits per heavy atom. The fraction of sp³-hybridized carbons (Fsp3) is 0.294. The molecule has 0 radical (unpaired) electrons. The van der Waals surface area contributed by atoms with Crippen LogP contribution >= 0.6 is 22.9 Å². The SMILES string of the molecule is N#Cc1c(C(OC=O)c2ccc(Cl)cc2)csc1N1CCOCC1. The van der Waals surface area contributed by atoms with Gasteiger partial charge in [0.2, 0.25) is 0 Å². The van der Waals surface area contributed by atoms with Crippen LogP contribution in [0.15, 0.2) is 29.6 Å². The van der Waals surface area contributed by atoms with Gasteiger partial charge in [-0.25, -0.2) is 0 Å². The quantitative estimate of drug-likeness (QED) is 0.763. The Labute approximate surface area is 149 Å². The normalized spacial score (nSPS) is 15.6. The van der Waals surface area contributed by atoms with Crippen molar-refractivity contribution in [2.45, 2.75) is 6.10 Å². The maximum atomic E-state index is 11.0.